The third-order valence-electron chi connectivity index (χ3n) is 3.89. The Morgan fingerprint density at radius 2 is 1.87 bits per heavy atom. The predicted octanol–water partition coefficient (Wildman–Crippen LogP) is 2.83. The lowest BCUT2D eigenvalue weighted by Gasteiger charge is -2.06. The molecule has 4 aromatic rings. The number of benzene rings is 1. The fraction of sp³-hybridized carbons (Fsp3) is 0.176. The summed E-state index contributed by atoms with van der Waals surface area (Å²) in [7, 11) is 2.03. The Morgan fingerprint density at radius 1 is 1.00 bits per heavy atom. The van der Waals surface area contributed by atoms with Crippen molar-refractivity contribution in [2.75, 3.05) is 5.32 Å². The highest BCUT2D eigenvalue weighted by atomic mass is 15.1. The molecule has 6 nitrogen and oxygen atoms in total. The summed E-state index contributed by atoms with van der Waals surface area (Å²) in [5.41, 5.74) is 4.78. The highest BCUT2D eigenvalue weighted by molar-refractivity contribution is 5.77. The zero-order valence-corrected chi connectivity index (χ0v) is 13.0. The van der Waals surface area contributed by atoms with E-state index < -0.39 is 0 Å². The summed E-state index contributed by atoms with van der Waals surface area (Å²) in [6, 6.07) is 10.1. The zero-order chi connectivity index (χ0) is 15.8. The average Bonchev–Trinajstić information content (AvgIpc) is 2.88. The Balaban J connectivity index is 1.61. The van der Waals surface area contributed by atoms with Crippen LogP contribution in [-0.4, -0.2) is 24.5 Å². The minimum atomic E-state index is 0.600. The maximum Gasteiger partial charge on any atom is 0.180 e. The Labute approximate surface area is 133 Å². The van der Waals surface area contributed by atoms with Crippen LogP contribution in [0.3, 0.4) is 0 Å². The van der Waals surface area contributed by atoms with E-state index in [0.717, 1.165) is 28.2 Å². The van der Waals surface area contributed by atoms with E-state index in [4.69, 9.17) is 4.98 Å². The molecule has 0 aliphatic rings. The molecule has 0 fully saturated rings. The van der Waals surface area contributed by atoms with Crippen molar-refractivity contribution < 1.29 is 0 Å². The molecule has 0 bridgehead atoms. The van der Waals surface area contributed by atoms with Gasteiger partial charge < -0.3 is 9.88 Å². The normalized spacial score (nSPS) is 11.2. The molecule has 23 heavy (non-hydrogen) atoms. The molecule has 4 rings (SSSR count). The molecule has 0 saturated heterocycles. The largest absolute Gasteiger partial charge is 0.363 e. The highest BCUT2D eigenvalue weighted by Crippen LogP contribution is 2.17. The molecule has 0 amide bonds. The smallest absolute Gasteiger partial charge is 0.180 e. The molecule has 3 heterocycles. The van der Waals surface area contributed by atoms with Gasteiger partial charge in [-0.2, -0.15) is 0 Å². The minimum Gasteiger partial charge on any atom is -0.363 e. The number of anilines is 1. The fourth-order valence-corrected chi connectivity index (χ4v) is 2.64. The Kier molecular flexibility index (Phi) is 3.15. The van der Waals surface area contributed by atoms with Crippen molar-refractivity contribution in [1.29, 1.82) is 0 Å². The maximum atomic E-state index is 4.70. The first-order valence-corrected chi connectivity index (χ1v) is 7.44. The molecule has 0 unspecified atom stereocenters. The SMILES string of the molecule is Cc1ccc2c(c1)nc(CNc1ccc3nccnc3n1)n2C. The number of nitrogens with zero attached hydrogens (tertiary/aromatic N) is 5. The number of aromatic nitrogens is 5. The number of hydrogen-bond acceptors (Lipinski definition) is 5. The third-order valence-corrected chi connectivity index (χ3v) is 3.89. The van der Waals surface area contributed by atoms with E-state index in [1.165, 1.54) is 5.56 Å². The number of pyridine rings is 1. The minimum absolute atomic E-state index is 0.600. The van der Waals surface area contributed by atoms with E-state index in [9.17, 15) is 0 Å². The van der Waals surface area contributed by atoms with Gasteiger partial charge in [-0.25, -0.2) is 15.0 Å². The molecule has 6 heteroatoms. The molecule has 0 saturated carbocycles. The van der Waals surface area contributed by atoms with E-state index in [-0.39, 0.29) is 0 Å². The number of nitrogens with one attached hydrogen (secondary N) is 1. The second kappa shape index (κ2) is 5.31. The van der Waals surface area contributed by atoms with E-state index in [0.29, 0.717) is 12.2 Å². The Morgan fingerprint density at radius 3 is 2.78 bits per heavy atom. The summed E-state index contributed by atoms with van der Waals surface area (Å²) in [4.78, 5) is 17.6. The summed E-state index contributed by atoms with van der Waals surface area (Å²) < 4.78 is 2.10. The zero-order valence-electron chi connectivity index (χ0n) is 13.0. The van der Waals surface area contributed by atoms with Gasteiger partial charge in [-0.15, -0.1) is 0 Å². The summed E-state index contributed by atoms with van der Waals surface area (Å²) in [6.45, 7) is 2.68. The van der Waals surface area contributed by atoms with Gasteiger partial charge in [0.15, 0.2) is 5.65 Å². The first kappa shape index (κ1) is 13.6. The van der Waals surface area contributed by atoms with E-state index >= 15 is 0 Å². The number of aryl methyl sites for hydroxylation is 2. The lowest BCUT2D eigenvalue weighted by Crippen LogP contribution is -2.07. The molecule has 114 valence electrons. The quantitative estimate of drug-likeness (QED) is 0.630. The lowest BCUT2D eigenvalue weighted by atomic mass is 10.2. The van der Waals surface area contributed by atoms with Gasteiger partial charge in [-0.05, 0) is 36.8 Å². The van der Waals surface area contributed by atoms with Crippen LogP contribution in [0.4, 0.5) is 5.82 Å². The highest BCUT2D eigenvalue weighted by Gasteiger charge is 2.08. The number of rotatable bonds is 3. The molecule has 1 N–H and O–H groups in total. The molecule has 0 spiro atoms. The fourth-order valence-electron chi connectivity index (χ4n) is 2.64. The molecule has 0 atom stereocenters. The van der Waals surface area contributed by atoms with Gasteiger partial charge in [-0.1, -0.05) is 6.07 Å². The van der Waals surface area contributed by atoms with Gasteiger partial charge in [0, 0.05) is 19.4 Å². The van der Waals surface area contributed by atoms with E-state index in [1.807, 2.05) is 19.2 Å². The van der Waals surface area contributed by atoms with Crippen molar-refractivity contribution in [3.8, 4) is 0 Å². The summed E-state index contributed by atoms with van der Waals surface area (Å²) >= 11 is 0. The van der Waals surface area contributed by atoms with Crippen LogP contribution in [0.5, 0.6) is 0 Å². The van der Waals surface area contributed by atoms with Crippen LogP contribution < -0.4 is 5.32 Å². The first-order valence-electron chi connectivity index (χ1n) is 7.44. The van der Waals surface area contributed by atoms with E-state index in [2.05, 4.69) is 50.0 Å². The van der Waals surface area contributed by atoms with Crippen LogP contribution in [0.25, 0.3) is 22.2 Å². The summed E-state index contributed by atoms with van der Waals surface area (Å²) in [5, 5.41) is 3.31. The number of imidazole rings is 1. The van der Waals surface area contributed by atoms with Crippen molar-refractivity contribution in [1.82, 2.24) is 24.5 Å². The first-order chi connectivity index (χ1) is 11.2. The van der Waals surface area contributed by atoms with Crippen LogP contribution >= 0.6 is 0 Å². The monoisotopic (exact) mass is 304 g/mol. The Bertz CT molecular complexity index is 1000. The van der Waals surface area contributed by atoms with Gasteiger partial charge in [0.25, 0.3) is 0 Å². The number of fused-ring (bicyclic) bond motifs is 2. The Hall–Kier alpha value is -3.02. The molecule has 0 aliphatic carbocycles. The average molecular weight is 304 g/mol. The number of hydrogen-bond donors (Lipinski definition) is 1. The molecule has 0 aliphatic heterocycles. The van der Waals surface area contributed by atoms with Crippen LogP contribution in [0, 0.1) is 6.92 Å². The van der Waals surface area contributed by atoms with Crippen molar-refractivity contribution >= 4 is 28.0 Å². The van der Waals surface area contributed by atoms with Crippen LogP contribution in [-0.2, 0) is 13.6 Å². The van der Waals surface area contributed by atoms with E-state index in [1.54, 1.807) is 12.4 Å². The second-order valence-electron chi connectivity index (χ2n) is 5.53. The van der Waals surface area contributed by atoms with Crippen molar-refractivity contribution in [2.45, 2.75) is 13.5 Å². The van der Waals surface area contributed by atoms with Crippen molar-refractivity contribution in [3.05, 3.63) is 54.1 Å². The molecule has 1 aromatic carbocycles. The van der Waals surface area contributed by atoms with Gasteiger partial charge in [0.1, 0.15) is 17.2 Å². The standard InChI is InChI=1S/C17H16N6/c1-11-3-5-14-13(9-11)21-16(23(14)2)10-20-15-6-4-12-17(22-15)19-8-7-18-12/h3-9H,10H2,1-2H3,(H,19,20,22). The van der Waals surface area contributed by atoms with Crippen LogP contribution in [0.15, 0.2) is 42.7 Å². The van der Waals surface area contributed by atoms with Crippen LogP contribution in [0.1, 0.15) is 11.4 Å². The molecule has 0 radical (unpaired) electrons. The van der Waals surface area contributed by atoms with Gasteiger partial charge in [0.2, 0.25) is 0 Å². The molecular formula is C17H16N6. The topological polar surface area (TPSA) is 68.5 Å². The molecule has 3 aromatic heterocycles. The molecular weight excluding hydrogens is 288 g/mol. The summed E-state index contributed by atoms with van der Waals surface area (Å²) in [5.74, 6) is 1.73. The van der Waals surface area contributed by atoms with Gasteiger partial charge in [0.05, 0.1) is 17.6 Å². The van der Waals surface area contributed by atoms with Crippen molar-refractivity contribution in [2.24, 2.45) is 7.05 Å². The predicted molar refractivity (Wildman–Crippen MR) is 90.1 cm³/mol. The third kappa shape index (κ3) is 2.48. The van der Waals surface area contributed by atoms with Crippen molar-refractivity contribution in [3.63, 3.8) is 0 Å². The second-order valence-corrected chi connectivity index (χ2v) is 5.53. The lowest BCUT2D eigenvalue weighted by molar-refractivity contribution is 0.832. The van der Waals surface area contributed by atoms with Gasteiger partial charge in [-0.3, -0.25) is 4.98 Å². The van der Waals surface area contributed by atoms with Gasteiger partial charge >= 0.3 is 0 Å². The maximum absolute atomic E-state index is 4.70. The summed E-state index contributed by atoms with van der Waals surface area (Å²) in [6.07, 6.45) is 3.31. The van der Waals surface area contributed by atoms with Crippen LogP contribution in [0.2, 0.25) is 0 Å².